The van der Waals surface area contributed by atoms with Crippen LogP contribution in [0.15, 0.2) is 77.7 Å². The van der Waals surface area contributed by atoms with Crippen LogP contribution in [0.1, 0.15) is 22.3 Å². The molecule has 0 spiro atoms. The van der Waals surface area contributed by atoms with E-state index in [4.69, 9.17) is 27.9 Å². The van der Waals surface area contributed by atoms with Crippen LogP contribution in [0.25, 0.3) is 0 Å². The molecule has 0 radical (unpaired) electrons. The lowest BCUT2D eigenvalue weighted by Gasteiger charge is -2.28. The Morgan fingerprint density at radius 1 is 0.765 bits per heavy atom. The highest BCUT2D eigenvalue weighted by molar-refractivity contribution is 7.86. The minimum Gasteiger partial charge on any atom is -0.497 e. The van der Waals surface area contributed by atoms with Gasteiger partial charge in [0, 0.05) is 35.6 Å². The van der Waals surface area contributed by atoms with Crippen molar-refractivity contribution in [3.63, 3.8) is 0 Å². The number of aryl methyl sites for hydroxylation is 1. The van der Waals surface area contributed by atoms with E-state index in [-0.39, 0.29) is 42.4 Å². The Balaban J connectivity index is 0.000000159. The van der Waals surface area contributed by atoms with Crippen molar-refractivity contribution in [2.75, 3.05) is 44.1 Å². The van der Waals surface area contributed by atoms with E-state index >= 15 is 0 Å². The van der Waals surface area contributed by atoms with Crippen molar-refractivity contribution < 1.29 is 45.9 Å². The summed E-state index contributed by atoms with van der Waals surface area (Å²) in [5.41, 5.74) is 5.25. The van der Waals surface area contributed by atoms with E-state index in [1.165, 1.54) is 17.7 Å². The Labute approximate surface area is 295 Å². The number of anilines is 2. The van der Waals surface area contributed by atoms with Gasteiger partial charge in [-0.3, -0.25) is 13.8 Å². The van der Waals surface area contributed by atoms with Gasteiger partial charge in [-0.25, -0.2) is 0 Å². The summed E-state index contributed by atoms with van der Waals surface area (Å²) in [6, 6.07) is 21.6. The maximum absolute atomic E-state index is 12.3. The lowest BCUT2D eigenvalue weighted by molar-refractivity contribution is -0.116. The molecular weight excluding hydrogens is 678 g/mol. The summed E-state index contributed by atoms with van der Waals surface area (Å²) in [4.78, 5) is 23.3. The Hall–Kier alpha value is -5.31. The van der Waals surface area contributed by atoms with Crippen LogP contribution in [0, 0.1) is 6.92 Å². The first-order valence-corrected chi connectivity index (χ1v) is 17.9. The molecule has 4 aliphatic heterocycles. The first-order chi connectivity index (χ1) is 24.6. The van der Waals surface area contributed by atoms with Crippen LogP contribution in [-0.4, -0.2) is 65.9 Å². The van der Waals surface area contributed by atoms with E-state index in [1.807, 2.05) is 43.3 Å². The number of amides is 2. The second kappa shape index (κ2) is 14.5. The van der Waals surface area contributed by atoms with Crippen molar-refractivity contribution in [3.8, 4) is 28.7 Å². The number of rotatable bonds is 9. The van der Waals surface area contributed by atoms with Crippen LogP contribution in [0.2, 0.25) is 0 Å². The zero-order chi connectivity index (χ0) is 35.5. The molecule has 51 heavy (non-hydrogen) atoms. The van der Waals surface area contributed by atoms with Crippen LogP contribution < -0.4 is 39.6 Å². The molecule has 0 aliphatic carbocycles. The summed E-state index contributed by atoms with van der Waals surface area (Å²) in [6.45, 7) is 3.75. The summed E-state index contributed by atoms with van der Waals surface area (Å²) in [7, 11) is -2.22. The van der Waals surface area contributed by atoms with E-state index in [0.717, 1.165) is 34.7 Å². The van der Waals surface area contributed by atoms with Gasteiger partial charge in [0.1, 0.15) is 31.7 Å². The molecule has 0 fully saturated rings. The van der Waals surface area contributed by atoms with Gasteiger partial charge in [-0.2, -0.15) is 8.42 Å². The maximum Gasteiger partial charge on any atom is 0.297 e. The molecule has 2 amide bonds. The van der Waals surface area contributed by atoms with Gasteiger partial charge in [0.2, 0.25) is 11.8 Å². The number of ether oxygens (including phenoxy) is 5. The van der Waals surface area contributed by atoms with E-state index in [9.17, 15) is 18.0 Å². The molecular formula is C37H37N3O10S. The minimum absolute atomic E-state index is 0.00763. The number of hydrogen-bond acceptors (Lipinski definition) is 11. The number of methoxy groups -OCH3 is 1. The summed E-state index contributed by atoms with van der Waals surface area (Å²) >= 11 is 0. The third-order valence-corrected chi connectivity index (χ3v) is 9.96. The van der Waals surface area contributed by atoms with Crippen LogP contribution >= 0.6 is 0 Å². The number of hydrogen-bond donors (Lipinski definition) is 3. The standard InChI is InChI=1S/C19H20N2O4.C18H17NO6S/c1-23-13-4-2-12(3-5-13)9-20-10-14-11-24-17-7-6-16-15(19(17)25-14)8-18(22)21-16;1-11-2-4-13(5-3-11)26(21,22)24-10-12-9-23-16-7-6-15-14(18(16)25-12)8-17(20)19-15/h2-7,14,20H,8-11H2,1H3,(H,21,22);2-7,12H,8-10H2,1H3,(H,19,20)/t;12-/m.1/s1. The molecule has 14 heteroatoms. The molecule has 0 aromatic heterocycles. The highest BCUT2D eigenvalue weighted by atomic mass is 32.2. The van der Waals surface area contributed by atoms with Gasteiger partial charge in [0.15, 0.2) is 29.1 Å². The van der Waals surface area contributed by atoms with Crippen molar-refractivity contribution in [2.45, 2.75) is 43.4 Å². The first-order valence-electron chi connectivity index (χ1n) is 16.5. The number of nitrogens with one attached hydrogen (secondary N) is 3. The van der Waals surface area contributed by atoms with Gasteiger partial charge in [-0.15, -0.1) is 0 Å². The summed E-state index contributed by atoms with van der Waals surface area (Å²) in [6.07, 6.45) is -0.136. The molecule has 1 unspecified atom stereocenters. The fourth-order valence-electron chi connectivity index (χ4n) is 6.00. The fraction of sp³-hybridized carbons (Fsp3) is 0.297. The smallest absolute Gasteiger partial charge is 0.297 e. The van der Waals surface area contributed by atoms with Gasteiger partial charge in [-0.1, -0.05) is 29.8 Å². The highest BCUT2D eigenvalue weighted by Crippen LogP contribution is 2.43. The molecule has 13 nitrogen and oxygen atoms in total. The summed E-state index contributed by atoms with van der Waals surface area (Å²) in [5.74, 6) is 3.14. The number of carbonyl (C=O) groups is 2. The molecule has 4 aliphatic rings. The first kappa shape index (κ1) is 34.2. The molecule has 0 saturated heterocycles. The van der Waals surface area contributed by atoms with Crippen molar-refractivity contribution in [3.05, 3.63) is 95.1 Å². The summed E-state index contributed by atoms with van der Waals surface area (Å²) < 4.78 is 58.3. The van der Waals surface area contributed by atoms with Crippen LogP contribution in [0.3, 0.4) is 0 Å². The van der Waals surface area contributed by atoms with Crippen LogP contribution in [0.5, 0.6) is 28.7 Å². The topological polar surface area (TPSA) is 160 Å². The Kier molecular flexibility index (Phi) is 9.71. The Morgan fingerprint density at radius 3 is 1.92 bits per heavy atom. The molecule has 3 N–H and O–H groups in total. The lowest BCUT2D eigenvalue weighted by atomic mass is 10.1. The van der Waals surface area contributed by atoms with E-state index in [0.29, 0.717) is 48.3 Å². The second-order valence-corrected chi connectivity index (χ2v) is 14.0. The maximum atomic E-state index is 12.3. The van der Waals surface area contributed by atoms with Crippen molar-refractivity contribution >= 4 is 33.3 Å². The SMILES string of the molecule is COc1ccc(CNCC2COc3ccc4c(c3O2)CC(=O)N4)cc1.Cc1ccc(S(=O)(=O)OC[C@H]2COc3ccc4c(c3O2)CC(=O)N4)cc1. The Morgan fingerprint density at radius 2 is 1.33 bits per heavy atom. The van der Waals surface area contributed by atoms with Gasteiger partial charge < -0.3 is 39.6 Å². The predicted octanol–water partition coefficient (Wildman–Crippen LogP) is 4.15. The minimum atomic E-state index is -3.88. The highest BCUT2D eigenvalue weighted by Gasteiger charge is 2.32. The second-order valence-electron chi connectivity index (χ2n) is 12.4. The van der Waals surface area contributed by atoms with Crippen LogP contribution in [0.4, 0.5) is 11.4 Å². The molecule has 4 heterocycles. The van der Waals surface area contributed by atoms with Gasteiger partial charge in [-0.05, 0) is 61.0 Å². The molecule has 4 aromatic carbocycles. The normalized spacial score (nSPS) is 18.1. The average Bonchev–Trinajstić information content (AvgIpc) is 3.73. The molecule has 2 atom stereocenters. The quantitative estimate of drug-likeness (QED) is 0.214. The predicted molar refractivity (Wildman–Crippen MR) is 186 cm³/mol. The van der Waals surface area contributed by atoms with Crippen molar-refractivity contribution in [1.82, 2.24) is 5.32 Å². The Bertz CT molecular complexity index is 2050. The molecule has 0 saturated carbocycles. The van der Waals surface area contributed by atoms with Crippen molar-refractivity contribution in [1.29, 1.82) is 0 Å². The third-order valence-electron chi connectivity index (χ3n) is 8.67. The zero-order valence-electron chi connectivity index (χ0n) is 28.0. The van der Waals surface area contributed by atoms with Crippen molar-refractivity contribution in [2.24, 2.45) is 0 Å². The molecule has 8 rings (SSSR count). The van der Waals surface area contributed by atoms with E-state index in [1.54, 1.807) is 31.4 Å². The van der Waals surface area contributed by atoms with E-state index < -0.39 is 16.2 Å². The van der Waals surface area contributed by atoms with Gasteiger partial charge in [0.05, 0.1) is 24.8 Å². The molecule has 0 bridgehead atoms. The zero-order valence-corrected chi connectivity index (χ0v) is 28.8. The average molecular weight is 716 g/mol. The fourth-order valence-corrected chi connectivity index (χ4v) is 6.94. The number of fused-ring (bicyclic) bond motifs is 6. The summed E-state index contributed by atoms with van der Waals surface area (Å²) in [5, 5.41) is 8.97. The van der Waals surface area contributed by atoms with Crippen LogP contribution in [-0.2, 0) is 43.3 Å². The lowest BCUT2D eigenvalue weighted by Crippen LogP contribution is -2.38. The number of carbonyl (C=O) groups excluding carboxylic acids is 2. The van der Waals surface area contributed by atoms with E-state index in [2.05, 4.69) is 16.0 Å². The number of benzene rings is 4. The van der Waals surface area contributed by atoms with Gasteiger partial charge in [0.25, 0.3) is 10.1 Å². The monoisotopic (exact) mass is 715 g/mol. The largest absolute Gasteiger partial charge is 0.497 e. The molecule has 266 valence electrons. The molecule has 4 aromatic rings. The van der Waals surface area contributed by atoms with Gasteiger partial charge >= 0.3 is 0 Å². The third kappa shape index (κ3) is 7.72.